The van der Waals surface area contributed by atoms with E-state index in [1.54, 1.807) is 7.11 Å². The van der Waals surface area contributed by atoms with Crippen LogP contribution in [0.1, 0.15) is 32.3 Å². The van der Waals surface area contributed by atoms with Gasteiger partial charge in [-0.15, -0.1) is 0 Å². The molecule has 122 valence electrons. The molecule has 0 aliphatic carbocycles. The number of amides is 1. The first-order chi connectivity index (χ1) is 10.7. The fourth-order valence-corrected chi connectivity index (χ4v) is 3.11. The molecule has 0 aromatic heterocycles. The largest absolute Gasteiger partial charge is 0.492 e. The molecule has 4 nitrogen and oxygen atoms in total. The van der Waals surface area contributed by atoms with Crippen LogP contribution in [0.15, 0.2) is 24.3 Å². The number of hydrogen-bond donors (Lipinski definition) is 0. The molecule has 1 unspecified atom stereocenters. The van der Waals surface area contributed by atoms with Gasteiger partial charge in [-0.05, 0) is 30.9 Å². The van der Waals surface area contributed by atoms with Crippen LogP contribution in [-0.2, 0) is 16.0 Å². The van der Waals surface area contributed by atoms with Crippen molar-refractivity contribution in [2.75, 3.05) is 26.9 Å². The number of carbonyl (C=O) groups is 1. The lowest BCUT2D eigenvalue weighted by Crippen LogP contribution is -2.47. The van der Waals surface area contributed by atoms with Gasteiger partial charge in [0.05, 0.1) is 12.5 Å². The number of fused-ring (bicyclic) bond motifs is 1. The molecular weight excluding hydrogens is 278 g/mol. The highest BCUT2D eigenvalue weighted by Crippen LogP contribution is 2.28. The number of rotatable bonds is 7. The first-order valence-electron chi connectivity index (χ1n) is 8.21. The van der Waals surface area contributed by atoms with E-state index in [1.165, 1.54) is 0 Å². The first-order valence-corrected chi connectivity index (χ1v) is 8.21. The number of carbonyl (C=O) groups excluding carboxylic acids is 1. The van der Waals surface area contributed by atoms with Crippen molar-refractivity contribution >= 4 is 5.91 Å². The summed E-state index contributed by atoms with van der Waals surface area (Å²) in [5, 5.41) is 0. The predicted octanol–water partition coefficient (Wildman–Crippen LogP) is 2.90. The van der Waals surface area contributed by atoms with E-state index < -0.39 is 0 Å². The molecule has 1 amide bonds. The molecule has 1 heterocycles. The smallest absolute Gasteiger partial charge is 0.229 e. The third-order valence-electron chi connectivity index (χ3n) is 4.43. The highest BCUT2D eigenvalue weighted by Gasteiger charge is 2.31. The highest BCUT2D eigenvalue weighted by molar-refractivity contribution is 5.80. The van der Waals surface area contributed by atoms with E-state index in [1.807, 2.05) is 29.2 Å². The third kappa shape index (κ3) is 3.80. The van der Waals surface area contributed by atoms with Gasteiger partial charge in [0.25, 0.3) is 0 Å². The van der Waals surface area contributed by atoms with Crippen molar-refractivity contribution in [1.82, 2.24) is 4.90 Å². The van der Waals surface area contributed by atoms with Gasteiger partial charge < -0.3 is 14.4 Å². The van der Waals surface area contributed by atoms with E-state index in [0.717, 1.165) is 30.6 Å². The monoisotopic (exact) mass is 305 g/mol. The Morgan fingerprint density at radius 2 is 2.09 bits per heavy atom. The zero-order valence-corrected chi connectivity index (χ0v) is 13.9. The quantitative estimate of drug-likeness (QED) is 0.777. The molecule has 0 saturated heterocycles. The minimum atomic E-state index is -0.0904. The average molecular weight is 305 g/mol. The van der Waals surface area contributed by atoms with Crippen molar-refractivity contribution < 1.29 is 14.3 Å². The maximum atomic E-state index is 13.0. The summed E-state index contributed by atoms with van der Waals surface area (Å²) in [6.45, 7) is 5.97. The Morgan fingerprint density at radius 1 is 1.36 bits per heavy atom. The van der Waals surface area contributed by atoms with Gasteiger partial charge in [-0.25, -0.2) is 0 Å². The van der Waals surface area contributed by atoms with Crippen LogP contribution >= 0.6 is 0 Å². The zero-order chi connectivity index (χ0) is 15.9. The second kappa shape index (κ2) is 8.18. The number of hydrogen-bond acceptors (Lipinski definition) is 3. The van der Waals surface area contributed by atoms with Crippen molar-refractivity contribution in [3.63, 3.8) is 0 Å². The van der Waals surface area contributed by atoms with Gasteiger partial charge >= 0.3 is 0 Å². The van der Waals surface area contributed by atoms with E-state index >= 15 is 0 Å². The minimum absolute atomic E-state index is 0.0904. The fraction of sp³-hybridized carbons (Fsp3) is 0.611. The lowest BCUT2D eigenvalue weighted by Gasteiger charge is -2.35. The highest BCUT2D eigenvalue weighted by atomic mass is 16.5. The molecule has 0 radical (unpaired) electrons. The van der Waals surface area contributed by atoms with Gasteiger partial charge in [0, 0.05) is 19.7 Å². The van der Waals surface area contributed by atoms with E-state index in [9.17, 15) is 4.79 Å². The summed E-state index contributed by atoms with van der Waals surface area (Å²) in [5.41, 5.74) is 1.13. The Balaban J connectivity index is 2.10. The molecule has 2 rings (SSSR count). The second-order valence-electron chi connectivity index (χ2n) is 5.81. The first kappa shape index (κ1) is 16.8. The van der Waals surface area contributed by atoms with Crippen molar-refractivity contribution in [2.24, 2.45) is 5.92 Å². The molecular formula is C18H27NO3. The Kier molecular flexibility index (Phi) is 6.25. The molecule has 0 fully saturated rings. The predicted molar refractivity (Wildman–Crippen MR) is 87.1 cm³/mol. The second-order valence-corrected chi connectivity index (χ2v) is 5.81. The normalized spacial score (nSPS) is 17.0. The van der Waals surface area contributed by atoms with Crippen LogP contribution in [0, 0.1) is 5.92 Å². The molecule has 0 saturated carbocycles. The topological polar surface area (TPSA) is 38.8 Å². The van der Waals surface area contributed by atoms with Gasteiger partial charge in [0.15, 0.2) is 0 Å². The van der Waals surface area contributed by atoms with E-state index in [-0.39, 0.29) is 17.9 Å². The van der Waals surface area contributed by atoms with Crippen LogP contribution in [-0.4, -0.2) is 43.7 Å². The minimum Gasteiger partial charge on any atom is -0.492 e. The lowest BCUT2D eigenvalue weighted by molar-refractivity contribution is -0.140. The number of methoxy groups -OCH3 is 1. The SMILES string of the molecule is CCC(CC)N(CCOC)C(=O)C1COc2ccccc2C1. The van der Waals surface area contributed by atoms with Crippen LogP contribution in [0.5, 0.6) is 5.75 Å². The summed E-state index contributed by atoms with van der Waals surface area (Å²) in [5.74, 6) is 1.02. The van der Waals surface area contributed by atoms with Crippen LogP contribution in [0.3, 0.4) is 0 Å². The molecule has 1 aromatic rings. The summed E-state index contributed by atoms with van der Waals surface area (Å²) >= 11 is 0. The standard InChI is InChI=1S/C18H27NO3/c1-4-16(5-2)19(10-11-21-3)18(20)15-12-14-8-6-7-9-17(14)22-13-15/h6-9,15-16H,4-5,10-13H2,1-3H3. The summed E-state index contributed by atoms with van der Waals surface area (Å²) < 4.78 is 11.0. The van der Waals surface area contributed by atoms with Crippen LogP contribution in [0.25, 0.3) is 0 Å². The summed E-state index contributed by atoms with van der Waals surface area (Å²) in [6.07, 6.45) is 2.70. The number of para-hydroxylation sites is 1. The Bertz CT molecular complexity index is 485. The third-order valence-corrected chi connectivity index (χ3v) is 4.43. The number of benzene rings is 1. The molecule has 4 heteroatoms. The molecule has 1 aliphatic rings. The lowest BCUT2D eigenvalue weighted by atomic mass is 9.94. The van der Waals surface area contributed by atoms with Crippen molar-refractivity contribution in [3.8, 4) is 5.75 Å². The van der Waals surface area contributed by atoms with E-state index in [2.05, 4.69) is 13.8 Å². The van der Waals surface area contributed by atoms with Crippen LogP contribution in [0.2, 0.25) is 0 Å². The maximum absolute atomic E-state index is 13.0. The average Bonchev–Trinajstić information content (AvgIpc) is 2.57. The molecule has 22 heavy (non-hydrogen) atoms. The Morgan fingerprint density at radius 3 is 2.77 bits per heavy atom. The van der Waals surface area contributed by atoms with E-state index in [0.29, 0.717) is 19.8 Å². The Hall–Kier alpha value is -1.55. The van der Waals surface area contributed by atoms with Crippen molar-refractivity contribution in [2.45, 2.75) is 39.2 Å². The summed E-state index contributed by atoms with van der Waals surface area (Å²) in [6, 6.07) is 8.26. The van der Waals surface area contributed by atoms with Crippen LogP contribution in [0.4, 0.5) is 0 Å². The fourth-order valence-electron chi connectivity index (χ4n) is 3.11. The van der Waals surface area contributed by atoms with Gasteiger partial charge in [0.2, 0.25) is 5.91 Å². The molecule has 1 atom stereocenters. The number of ether oxygens (including phenoxy) is 2. The molecule has 1 aromatic carbocycles. The van der Waals surface area contributed by atoms with Crippen molar-refractivity contribution in [1.29, 1.82) is 0 Å². The summed E-state index contributed by atoms with van der Waals surface area (Å²) in [7, 11) is 1.68. The molecule has 0 N–H and O–H groups in total. The molecule has 1 aliphatic heterocycles. The van der Waals surface area contributed by atoms with E-state index in [4.69, 9.17) is 9.47 Å². The molecule has 0 spiro atoms. The maximum Gasteiger partial charge on any atom is 0.229 e. The number of nitrogens with zero attached hydrogens (tertiary/aromatic N) is 1. The van der Waals surface area contributed by atoms with Gasteiger partial charge in [-0.2, -0.15) is 0 Å². The molecule has 0 bridgehead atoms. The zero-order valence-electron chi connectivity index (χ0n) is 13.9. The van der Waals surface area contributed by atoms with Crippen molar-refractivity contribution in [3.05, 3.63) is 29.8 Å². The summed E-state index contributed by atoms with van der Waals surface area (Å²) in [4.78, 5) is 15.0. The Labute approximate surface area is 133 Å². The van der Waals surface area contributed by atoms with Gasteiger partial charge in [-0.1, -0.05) is 32.0 Å². The van der Waals surface area contributed by atoms with Gasteiger partial charge in [-0.3, -0.25) is 4.79 Å². The van der Waals surface area contributed by atoms with Gasteiger partial charge in [0.1, 0.15) is 12.4 Å². The van der Waals surface area contributed by atoms with Crippen LogP contribution < -0.4 is 4.74 Å².